The third kappa shape index (κ3) is 5.20. The second-order valence-corrected chi connectivity index (χ2v) is 8.45. The highest BCUT2D eigenvalue weighted by Gasteiger charge is 2.25. The Morgan fingerprint density at radius 1 is 1.34 bits per heavy atom. The van der Waals surface area contributed by atoms with Gasteiger partial charge in [0.25, 0.3) is 5.89 Å². The number of nitrogens with one attached hydrogen (secondary N) is 1. The molecule has 1 aliphatic rings. The molecular formula is C23H25ClN4O4. The maximum absolute atomic E-state index is 11.0. The molecule has 1 unspecified atom stereocenters. The van der Waals surface area contributed by atoms with Crippen molar-refractivity contribution in [2.75, 3.05) is 25.0 Å². The number of para-hydroxylation sites is 1. The van der Waals surface area contributed by atoms with Crippen molar-refractivity contribution in [1.82, 2.24) is 15.0 Å². The van der Waals surface area contributed by atoms with E-state index >= 15 is 0 Å². The molecule has 1 fully saturated rings. The molecule has 8 nitrogen and oxygen atoms in total. The molecule has 0 amide bonds. The second kappa shape index (κ2) is 9.58. The summed E-state index contributed by atoms with van der Waals surface area (Å²) in [7, 11) is 0. The molecule has 1 aliphatic heterocycles. The van der Waals surface area contributed by atoms with Crippen LogP contribution in [0.3, 0.4) is 0 Å². The largest absolute Gasteiger partial charge is 0.489 e. The maximum atomic E-state index is 11.0. The number of nitrogens with zero attached hydrogens (tertiary/aromatic N) is 3. The topological polar surface area (TPSA) is 101 Å². The first-order chi connectivity index (χ1) is 15.4. The molecule has 0 radical (unpaired) electrons. The molecule has 168 valence electrons. The van der Waals surface area contributed by atoms with Crippen LogP contribution in [0.2, 0.25) is 5.02 Å². The van der Waals surface area contributed by atoms with Gasteiger partial charge in [-0.15, -0.1) is 0 Å². The fourth-order valence-corrected chi connectivity index (χ4v) is 3.97. The van der Waals surface area contributed by atoms with E-state index in [1.807, 2.05) is 49.1 Å². The molecule has 4 rings (SSSR count). The van der Waals surface area contributed by atoms with Crippen LogP contribution >= 0.6 is 11.6 Å². The lowest BCUT2D eigenvalue weighted by Gasteiger charge is -2.17. The highest BCUT2D eigenvalue weighted by atomic mass is 35.5. The van der Waals surface area contributed by atoms with Crippen molar-refractivity contribution < 1.29 is 19.2 Å². The van der Waals surface area contributed by atoms with Crippen molar-refractivity contribution in [2.45, 2.75) is 32.4 Å². The van der Waals surface area contributed by atoms with Crippen LogP contribution in [-0.2, 0) is 4.79 Å². The fourth-order valence-electron chi connectivity index (χ4n) is 3.74. The Morgan fingerprint density at radius 3 is 2.91 bits per heavy atom. The molecule has 0 saturated carbocycles. The van der Waals surface area contributed by atoms with Gasteiger partial charge in [-0.05, 0) is 50.6 Å². The number of carbonyl (C=O) groups is 1. The number of likely N-dealkylation sites (tertiary alicyclic amines) is 1. The Morgan fingerprint density at radius 2 is 2.16 bits per heavy atom. The first-order valence-corrected chi connectivity index (χ1v) is 10.9. The fraction of sp³-hybridized carbons (Fsp3) is 0.348. The molecule has 3 aromatic rings. The Hall–Kier alpha value is -3.10. The quantitative estimate of drug-likeness (QED) is 0.514. The van der Waals surface area contributed by atoms with E-state index in [-0.39, 0.29) is 18.7 Å². The van der Waals surface area contributed by atoms with E-state index < -0.39 is 5.97 Å². The number of carboxylic acid groups (broad SMARTS) is 1. The lowest BCUT2D eigenvalue weighted by molar-refractivity contribution is -0.138. The molecule has 1 saturated heterocycles. The molecule has 2 aromatic carbocycles. The Labute approximate surface area is 191 Å². The van der Waals surface area contributed by atoms with Crippen LogP contribution in [0.4, 0.5) is 5.69 Å². The summed E-state index contributed by atoms with van der Waals surface area (Å²) in [4.78, 5) is 17.4. The van der Waals surface area contributed by atoms with Crippen LogP contribution in [0.1, 0.15) is 20.3 Å². The zero-order valence-corrected chi connectivity index (χ0v) is 18.7. The van der Waals surface area contributed by atoms with Gasteiger partial charge in [0, 0.05) is 30.4 Å². The van der Waals surface area contributed by atoms with Crippen LogP contribution in [0, 0.1) is 0 Å². The van der Waals surface area contributed by atoms with Crippen molar-refractivity contribution in [2.24, 2.45) is 0 Å². The first kappa shape index (κ1) is 22.1. The van der Waals surface area contributed by atoms with Gasteiger partial charge in [0.05, 0.1) is 23.2 Å². The van der Waals surface area contributed by atoms with Gasteiger partial charge in [0.15, 0.2) is 0 Å². The summed E-state index contributed by atoms with van der Waals surface area (Å²) in [5.41, 5.74) is 2.38. The van der Waals surface area contributed by atoms with Gasteiger partial charge in [-0.3, -0.25) is 9.69 Å². The van der Waals surface area contributed by atoms with Gasteiger partial charge < -0.3 is 19.7 Å². The van der Waals surface area contributed by atoms with Crippen LogP contribution < -0.4 is 10.1 Å². The van der Waals surface area contributed by atoms with Gasteiger partial charge in [-0.1, -0.05) is 28.9 Å². The number of anilines is 1. The normalized spacial score (nSPS) is 16.4. The minimum atomic E-state index is -0.812. The van der Waals surface area contributed by atoms with Crippen LogP contribution in [0.15, 0.2) is 47.0 Å². The molecule has 2 heterocycles. The first-order valence-electron chi connectivity index (χ1n) is 10.5. The van der Waals surface area contributed by atoms with E-state index in [1.54, 1.807) is 12.1 Å². The highest BCUT2D eigenvalue weighted by molar-refractivity contribution is 6.32. The summed E-state index contributed by atoms with van der Waals surface area (Å²) in [6.45, 7) is 5.34. The summed E-state index contributed by atoms with van der Waals surface area (Å²) >= 11 is 6.35. The highest BCUT2D eigenvalue weighted by Crippen LogP contribution is 2.33. The molecule has 0 aliphatic carbocycles. The molecule has 0 bridgehead atoms. The van der Waals surface area contributed by atoms with E-state index in [9.17, 15) is 4.79 Å². The average molecular weight is 457 g/mol. The van der Waals surface area contributed by atoms with Crippen molar-refractivity contribution in [3.05, 3.63) is 47.5 Å². The van der Waals surface area contributed by atoms with Crippen molar-refractivity contribution in [3.8, 4) is 28.6 Å². The number of aromatic nitrogens is 2. The molecule has 32 heavy (non-hydrogen) atoms. The number of hydrogen-bond donors (Lipinski definition) is 2. The lowest BCUT2D eigenvalue weighted by atomic mass is 10.1. The number of halogens is 1. The van der Waals surface area contributed by atoms with Crippen LogP contribution in [-0.4, -0.2) is 57.9 Å². The zero-order valence-electron chi connectivity index (χ0n) is 17.9. The smallest absolute Gasteiger partial charge is 0.317 e. The predicted molar refractivity (Wildman–Crippen MR) is 122 cm³/mol. The Bertz CT molecular complexity index is 1100. The standard InChI is InChI=1S/C23H25ClN4O4/c1-14(2)31-20-8-7-15(11-18(20)24)22-26-23(32-27-22)17-5-3-4-6-19(17)25-16-9-10-28(12-16)13-21(29)30/h3-8,11,14,16,25H,9-10,12-13H2,1-2H3,(H,29,30). The van der Waals surface area contributed by atoms with Gasteiger partial charge in [-0.2, -0.15) is 4.98 Å². The van der Waals surface area contributed by atoms with E-state index in [1.165, 1.54) is 0 Å². The van der Waals surface area contributed by atoms with Crippen molar-refractivity contribution >= 4 is 23.3 Å². The molecule has 1 aromatic heterocycles. The maximum Gasteiger partial charge on any atom is 0.317 e. The molecule has 9 heteroatoms. The van der Waals surface area contributed by atoms with E-state index in [0.29, 0.717) is 29.0 Å². The number of rotatable bonds is 8. The van der Waals surface area contributed by atoms with Crippen LogP contribution in [0.5, 0.6) is 5.75 Å². The van der Waals surface area contributed by atoms with Crippen LogP contribution in [0.25, 0.3) is 22.8 Å². The Kier molecular flexibility index (Phi) is 6.62. The lowest BCUT2D eigenvalue weighted by Crippen LogP contribution is -2.30. The van der Waals surface area contributed by atoms with Gasteiger partial charge in [0.2, 0.25) is 5.82 Å². The summed E-state index contributed by atoms with van der Waals surface area (Å²) in [5, 5.41) is 17.1. The number of ether oxygens (including phenoxy) is 1. The third-order valence-electron chi connectivity index (χ3n) is 5.13. The molecular weight excluding hydrogens is 432 g/mol. The minimum absolute atomic E-state index is 0.0233. The summed E-state index contributed by atoms with van der Waals surface area (Å²) in [5.74, 6) is 0.619. The van der Waals surface area contributed by atoms with E-state index in [0.717, 1.165) is 29.8 Å². The second-order valence-electron chi connectivity index (χ2n) is 8.04. The number of benzene rings is 2. The summed E-state index contributed by atoms with van der Waals surface area (Å²) in [6, 6.07) is 13.2. The van der Waals surface area contributed by atoms with Gasteiger partial charge >= 0.3 is 5.97 Å². The predicted octanol–water partition coefficient (Wildman–Crippen LogP) is 4.42. The monoisotopic (exact) mass is 456 g/mol. The number of carboxylic acids is 1. The molecule has 0 spiro atoms. The third-order valence-corrected chi connectivity index (χ3v) is 5.42. The van der Waals surface area contributed by atoms with E-state index in [4.69, 9.17) is 26.0 Å². The van der Waals surface area contributed by atoms with E-state index in [2.05, 4.69) is 15.5 Å². The number of hydrogen-bond acceptors (Lipinski definition) is 7. The van der Waals surface area contributed by atoms with Crippen molar-refractivity contribution in [3.63, 3.8) is 0 Å². The summed E-state index contributed by atoms with van der Waals surface area (Å²) in [6.07, 6.45) is 0.884. The minimum Gasteiger partial charge on any atom is -0.489 e. The van der Waals surface area contributed by atoms with Crippen molar-refractivity contribution in [1.29, 1.82) is 0 Å². The van der Waals surface area contributed by atoms with Gasteiger partial charge in [0.1, 0.15) is 5.75 Å². The summed E-state index contributed by atoms with van der Waals surface area (Å²) < 4.78 is 11.2. The van der Waals surface area contributed by atoms with Gasteiger partial charge in [-0.25, -0.2) is 0 Å². The average Bonchev–Trinajstić information content (AvgIpc) is 3.39. The SMILES string of the molecule is CC(C)Oc1ccc(-c2noc(-c3ccccc3NC3CCN(CC(=O)O)C3)n2)cc1Cl. The zero-order chi connectivity index (χ0) is 22.7. The Balaban J connectivity index is 1.51. The molecule has 1 atom stereocenters. The molecule has 2 N–H and O–H groups in total. The number of aliphatic carboxylic acids is 1.